The zero-order valence-corrected chi connectivity index (χ0v) is 14.2. The minimum atomic E-state index is -0.506. The number of hydrogen-bond acceptors (Lipinski definition) is 6. The van der Waals surface area contributed by atoms with Crippen LogP contribution in [0.5, 0.6) is 0 Å². The lowest BCUT2D eigenvalue weighted by Gasteiger charge is -2.18. The van der Waals surface area contributed by atoms with E-state index in [1.807, 2.05) is 0 Å². The highest BCUT2D eigenvalue weighted by atomic mass is 35.5. The molecule has 1 heterocycles. The normalized spacial score (nSPS) is 13.6. The van der Waals surface area contributed by atoms with Crippen molar-refractivity contribution in [1.82, 2.24) is 4.98 Å². The number of ether oxygens (including phenoxy) is 1. The van der Waals surface area contributed by atoms with Crippen LogP contribution in [0.4, 0.5) is 5.69 Å². The second-order valence-corrected chi connectivity index (χ2v) is 5.77. The van der Waals surface area contributed by atoms with Crippen molar-refractivity contribution in [2.45, 2.75) is 6.92 Å². The number of Topliss-reactive ketones (excluding diaryl/α,β-unsaturated/α-hetero) is 2. The van der Waals surface area contributed by atoms with Gasteiger partial charge >= 0.3 is 5.97 Å². The first-order valence-corrected chi connectivity index (χ1v) is 7.72. The van der Waals surface area contributed by atoms with Gasteiger partial charge in [-0.25, -0.2) is 9.78 Å². The summed E-state index contributed by atoms with van der Waals surface area (Å²) in [7, 11) is 1.29. The predicted molar refractivity (Wildman–Crippen MR) is 91.9 cm³/mol. The number of pyridine rings is 1. The molecule has 6 nitrogen and oxygen atoms in total. The SMILES string of the molecule is COC(=O)c1ccc(NC2=C(Cl)C(=O)c3nc(C)ccc3C2=O)cc1. The summed E-state index contributed by atoms with van der Waals surface area (Å²) in [5, 5.41) is 2.63. The van der Waals surface area contributed by atoms with Crippen LogP contribution in [0.3, 0.4) is 0 Å². The Bertz CT molecular complexity index is 933. The van der Waals surface area contributed by atoms with Crippen LogP contribution < -0.4 is 5.32 Å². The average molecular weight is 357 g/mol. The first-order valence-electron chi connectivity index (χ1n) is 7.34. The lowest BCUT2D eigenvalue weighted by Crippen LogP contribution is -2.25. The largest absolute Gasteiger partial charge is 0.465 e. The van der Waals surface area contributed by atoms with Gasteiger partial charge in [0.05, 0.1) is 18.2 Å². The van der Waals surface area contributed by atoms with E-state index in [1.165, 1.54) is 19.2 Å². The number of halogens is 1. The van der Waals surface area contributed by atoms with E-state index in [9.17, 15) is 14.4 Å². The van der Waals surface area contributed by atoms with Gasteiger partial charge in [0, 0.05) is 11.4 Å². The van der Waals surface area contributed by atoms with Crippen molar-refractivity contribution in [3.05, 3.63) is 69.6 Å². The number of hydrogen-bond donors (Lipinski definition) is 1. The fraction of sp³-hybridized carbons (Fsp3) is 0.111. The molecule has 0 aliphatic heterocycles. The molecule has 0 atom stereocenters. The molecule has 1 aliphatic rings. The van der Waals surface area contributed by atoms with E-state index in [1.54, 1.807) is 31.2 Å². The summed E-state index contributed by atoms with van der Waals surface area (Å²) in [6, 6.07) is 9.47. The first-order chi connectivity index (χ1) is 11.9. The smallest absolute Gasteiger partial charge is 0.337 e. The van der Waals surface area contributed by atoms with E-state index in [0.29, 0.717) is 16.9 Å². The average Bonchev–Trinajstić information content (AvgIpc) is 2.63. The third kappa shape index (κ3) is 3.04. The van der Waals surface area contributed by atoms with E-state index in [0.717, 1.165) is 0 Å². The number of methoxy groups -OCH3 is 1. The summed E-state index contributed by atoms with van der Waals surface area (Å²) < 4.78 is 4.63. The van der Waals surface area contributed by atoms with E-state index in [4.69, 9.17) is 11.6 Å². The Morgan fingerprint density at radius 3 is 2.40 bits per heavy atom. The van der Waals surface area contributed by atoms with Gasteiger partial charge in [-0.1, -0.05) is 11.6 Å². The number of anilines is 1. The lowest BCUT2D eigenvalue weighted by atomic mass is 9.96. The van der Waals surface area contributed by atoms with Crippen molar-refractivity contribution in [2.75, 3.05) is 12.4 Å². The number of aryl methyl sites for hydroxylation is 1. The van der Waals surface area contributed by atoms with Crippen molar-refractivity contribution in [1.29, 1.82) is 0 Å². The van der Waals surface area contributed by atoms with E-state index in [2.05, 4.69) is 15.0 Å². The summed E-state index contributed by atoms with van der Waals surface area (Å²) in [5.74, 6) is -1.39. The molecule has 1 N–H and O–H groups in total. The van der Waals surface area contributed by atoms with Crippen LogP contribution in [-0.4, -0.2) is 29.6 Å². The molecule has 0 fully saturated rings. The van der Waals surface area contributed by atoms with Crippen molar-refractivity contribution in [3.8, 4) is 0 Å². The molecule has 25 heavy (non-hydrogen) atoms. The summed E-state index contributed by atoms with van der Waals surface area (Å²) in [4.78, 5) is 40.6. The molecule has 1 aliphatic carbocycles. The molecule has 1 aromatic carbocycles. The Balaban J connectivity index is 1.94. The van der Waals surface area contributed by atoms with E-state index >= 15 is 0 Å². The number of ketones is 2. The van der Waals surface area contributed by atoms with Crippen LogP contribution in [-0.2, 0) is 4.74 Å². The monoisotopic (exact) mass is 356 g/mol. The fourth-order valence-corrected chi connectivity index (χ4v) is 2.65. The van der Waals surface area contributed by atoms with Crippen LogP contribution in [0.2, 0.25) is 0 Å². The molecule has 0 amide bonds. The second kappa shape index (κ2) is 6.49. The number of aromatic nitrogens is 1. The minimum Gasteiger partial charge on any atom is -0.465 e. The number of esters is 1. The van der Waals surface area contributed by atoms with Crippen LogP contribution in [0, 0.1) is 6.92 Å². The Hall–Kier alpha value is -2.99. The third-order valence-electron chi connectivity index (χ3n) is 3.72. The quantitative estimate of drug-likeness (QED) is 0.850. The van der Waals surface area contributed by atoms with Gasteiger partial charge in [-0.2, -0.15) is 0 Å². The molecule has 0 radical (unpaired) electrons. The van der Waals surface area contributed by atoms with Gasteiger partial charge in [0.1, 0.15) is 16.4 Å². The predicted octanol–water partition coefficient (Wildman–Crippen LogP) is 3.12. The van der Waals surface area contributed by atoms with Gasteiger partial charge < -0.3 is 10.1 Å². The van der Waals surface area contributed by atoms with Crippen LogP contribution in [0.25, 0.3) is 0 Å². The zero-order chi connectivity index (χ0) is 18.1. The van der Waals surface area contributed by atoms with Gasteiger partial charge in [-0.15, -0.1) is 0 Å². The number of benzene rings is 1. The number of carbonyl (C=O) groups is 3. The van der Waals surface area contributed by atoms with Crippen molar-refractivity contribution in [3.63, 3.8) is 0 Å². The summed E-state index contributed by atoms with van der Waals surface area (Å²) in [6.45, 7) is 1.73. The Morgan fingerprint density at radius 2 is 1.76 bits per heavy atom. The van der Waals surface area contributed by atoms with Crippen molar-refractivity contribution < 1.29 is 19.1 Å². The van der Waals surface area contributed by atoms with Crippen LogP contribution >= 0.6 is 11.6 Å². The van der Waals surface area contributed by atoms with Gasteiger partial charge in [-0.05, 0) is 43.3 Å². The maximum absolute atomic E-state index is 12.6. The molecule has 0 spiro atoms. The molecule has 0 saturated heterocycles. The summed E-state index contributed by atoms with van der Waals surface area (Å²) in [6.07, 6.45) is 0. The second-order valence-electron chi connectivity index (χ2n) is 5.39. The molecule has 2 aromatic rings. The summed E-state index contributed by atoms with van der Waals surface area (Å²) >= 11 is 6.09. The molecule has 3 rings (SSSR count). The minimum absolute atomic E-state index is 0.0179. The molecular weight excluding hydrogens is 344 g/mol. The van der Waals surface area contributed by atoms with Crippen molar-refractivity contribution in [2.24, 2.45) is 0 Å². The van der Waals surface area contributed by atoms with Gasteiger partial charge in [0.15, 0.2) is 0 Å². The Labute approximate surface area is 148 Å². The number of carbonyl (C=O) groups excluding carboxylic acids is 3. The standard InChI is InChI=1S/C18H13ClN2O4/c1-9-3-8-12-14(20-9)17(23)13(19)15(16(12)22)21-11-6-4-10(5-7-11)18(24)25-2/h3-8,21H,1-2H3. The highest BCUT2D eigenvalue weighted by Gasteiger charge is 2.32. The first kappa shape index (κ1) is 16.9. The molecular formula is C18H13ClN2O4. The number of nitrogens with one attached hydrogen (secondary N) is 1. The number of rotatable bonds is 3. The number of fused-ring (bicyclic) bond motifs is 1. The van der Waals surface area contributed by atoms with Crippen LogP contribution in [0.1, 0.15) is 36.9 Å². The molecule has 1 aromatic heterocycles. The maximum atomic E-state index is 12.6. The maximum Gasteiger partial charge on any atom is 0.337 e. The topological polar surface area (TPSA) is 85.4 Å². The molecule has 0 saturated carbocycles. The van der Waals surface area contributed by atoms with E-state index in [-0.39, 0.29) is 22.0 Å². The van der Waals surface area contributed by atoms with Gasteiger partial charge in [0.2, 0.25) is 11.6 Å². The molecule has 0 bridgehead atoms. The van der Waals surface area contributed by atoms with Gasteiger partial charge in [-0.3, -0.25) is 9.59 Å². The molecule has 0 unspecified atom stereocenters. The fourth-order valence-electron chi connectivity index (χ4n) is 2.43. The number of nitrogens with zero attached hydrogens (tertiary/aromatic N) is 1. The summed E-state index contributed by atoms with van der Waals surface area (Å²) in [5.41, 5.74) is 1.74. The Kier molecular flexibility index (Phi) is 4.37. The lowest BCUT2D eigenvalue weighted by molar-refractivity contribution is 0.0600. The van der Waals surface area contributed by atoms with Crippen LogP contribution in [0.15, 0.2) is 47.1 Å². The third-order valence-corrected chi connectivity index (χ3v) is 4.08. The number of allylic oxidation sites excluding steroid dienone is 2. The van der Waals surface area contributed by atoms with Crippen molar-refractivity contribution >= 4 is 34.8 Å². The molecule has 126 valence electrons. The molecule has 7 heteroatoms. The van der Waals surface area contributed by atoms with E-state index < -0.39 is 17.5 Å². The highest BCUT2D eigenvalue weighted by molar-refractivity contribution is 6.50. The van der Waals surface area contributed by atoms with Gasteiger partial charge in [0.25, 0.3) is 0 Å². The zero-order valence-electron chi connectivity index (χ0n) is 13.4. The highest BCUT2D eigenvalue weighted by Crippen LogP contribution is 2.28. The Morgan fingerprint density at radius 1 is 1.08 bits per heavy atom.